The van der Waals surface area contributed by atoms with E-state index in [1.54, 1.807) is 30.3 Å². The Bertz CT molecular complexity index is 678. The molecule has 0 atom stereocenters. The molecule has 0 aromatic heterocycles. The first-order chi connectivity index (χ1) is 9.56. The lowest BCUT2D eigenvalue weighted by molar-refractivity contribution is -0.384. The average Bonchev–Trinajstić information content (AvgIpc) is 2.46. The predicted molar refractivity (Wildman–Crippen MR) is 85.6 cm³/mol. The Morgan fingerprint density at radius 1 is 1.15 bits per heavy atom. The zero-order valence-corrected chi connectivity index (χ0v) is 12.5. The number of ketones is 1. The van der Waals surface area contributed by atoms with E-state index in [-0.39, 0.29) is 11.5 Å². The van der Waals surface area contributed by atoms with Crippen molar-refractivity contribution in [2.24, 2.45) is 0 Å². The highest BCUT2D eigenvalue weighted by atomic mass is 127. The van der Waals surface area contributed by atoms with Crippen molar-refractivity contribution in [1.29, 1.82) is 0 Å². The van der Waals surface area contributed by atoms with E-state index in [4.69, 9.17) is 0 Å². The SMILES string of the molecule is O=C(C=Cc1cccc([N+](=O)[O-])c1)c1ccc(I)cc1. The van der Waals surface area contributed by atoms with E-state index in [9.17, 15) is 14.9 Å². The van der Waals surface area contributed by atoms with E-state index < -0.39 is 4.92 Å². The summed E-state index contributed by atoms with van der Waals surface area (Å²) in [4.78, 5) is 22.1. The molecule has 0 aliphatic carbocycles. The average molecular weight is 379 g/mol. The summed E-state index contributed by atoms with van der Waals surface area (Å²) in [5.74, 6) is -0.132. The number of carbonyl (C=O) groups excluding carboxylic acids is 1. The van der Waals surface area contributed by atoms with E-state index in [1.165, 1.54) is 18.2 Å². The highest BCUT2D eigenvalue weighted by molar-refractivity contribution is 14.1. The Kier molecular flexibility index (Phi) is 4.62. The van der Waals surface area contributed by atoms with Gasteiger partial charge in [0.15, 0.2) is 5.78 Å². The summed E-state index contributed by atoms with van der Waals surface area (Å²) in [5, 5.41) is 10.7. The van der Waals surface area contributed by atoms with Crippen molar-refractivity contribution in [3.63, 3.8) is 0 Å². The van der Waals surface area contributed by atoms with Crippen molar-refractivity contribution in [3.8, 4) is 0 Å². The first kappa shape index (κ1) is 14.4. The first-order valence-corrected chi connectivity index (χ1v) is 6.86. The summed E-state index contributed by atoms with van der Waals surface area (Å²) in [7, 11) is 0. The minimum Gasteiger partial charge on any atom is -0.289 e. The molecule has 0 aliphatic heterocycles. The van der Waals surface area contributed by atoms with Gasteiger partial charge in [-0.1, -0.05) is 30.3 Å². The topological polar surface area (TPSA) is 60.2 Å². The van der Waals surface area contributed by atoms with Crippen LogP contribution in [0, 0.1) is 13.7 Å². The summed E-state index contributed by atoms with van der Waals surface area (Å²) >= 11 is 2.17. The summed E-state index contributed by atoms with van der Waals surface area (Å²) in [6, 6.07) is 13.4. The van der Waals surface area contributed by atoms with Crippen molar-refractivity contribution in [3.05, 3.63) is 79.4 Å². The van der Waals surface area contributed by atoms with Crippen molar-refractivity contribution >= 4 is 40.1 Å². The molecular weight excluding hydrogens is 369 g/mol. The van der Waals surface area contributed by atoms with Crippen LogP contribution in [-0.2, 0) is 0 Å². The highest BCUT2D eigenvalue weighted by Crippen LogP contribution is 2.15. The van der Waals surface area contributed by atoms with Gasteiger partial charge in [-0.15, -0.1) is 0 Å². The molecule has 5 heteroatoms. The number of benzene rings is 2. The van der Waals surface area contributed by atoms with Crippen LogP contribution in [0.1, 0.15) is 15.9 Å². The van der Waals surface area contributed by atoms with Gasteiger partial charge in [0.1, 0.15) is 0 Å². The third-order valence-electron chi connectivity index (χ3n) is 2.64. The van der Waals surface area contributed by atoms with E-state index >= 15 is 0 Å². The Labute approximate surface area is 129 Å². The quantitative estimate of drug-likeness (QED) is 0.264. The second kappa shape index (κ2) is 6.42. The van der Waals surface area contributed by atoms with Crippen LogP contribution in [-0.4, -0.2) is 10.7 Å². The molecular formula is C15H10INO3. The van der Waals surface area contributed by atoms with Crippen molar-refractivity contribution in [1.82, 2.24) is 0 Å². The number of non-ortho nitro benzene ring substituents is 1. The third kappa shape index (κ3) is 3.74. The number of nitro benzene ring substituents is 1. The lowest BCUT2D eigenvalue weighted by Gasteiger charge is -1.97. The monoisotopic (exact) mass is 379 g/mol. The standard InChI is InChI=1S/C15H10INO3/c16-13-7-5-12(6-8-13)15(18)9-4-11-2-1-3-14(10-11)17(19)20/h1-10H. The van der Waals surface area contributed by atoms with Gasteiger partial charge < -0.3 is 0 Å². The number of nitro groups is 1. The second-order valence-corrected chi connectivity index (χ2v) is 5.30. The minimum atomic E-state index is -0.460. The number of allylic oxidation sites excluding steroid dienone is 1. The first-order valence-electron chi connectivity index (χ1n) is 5.79. The largest absolute Gasteiger partial charge is 0.289 e. The number of hydrogen-bond donors (Lipinski definition) is 0. The third-order valence-corrected chi connectivity index (χ3v) is 3.36. The minimum absolute atomic E-state index is 0.00821. The summed E-state index contributed by atoms with van der Waals surface area (Å²) < 4.78 is 1.06. The fraction of sp³-hybridized carbons (Fsp3) is 0. The van der Waals surface area contributed by atoms with Crippen LogP contribution in [0.2, 0.25) is 0 Å². The smallest absolute Gasteiger partial charge is 0.270 e. The molecule has 100 valence electrons. The fourth-order valence-corrected chi connectivity index (χ4v) is 1.98. The molecule has 2 aromatic rings. The molecule has 2 aromatic carbocycles. The molecule has 0 radical (unpaired) electrons. The normalized spacial score (nSPS) is 10.7. The Balaban J connectivity index is 2.16. The summed E-state index contributed by atoms with van der Waals surface area (Å²) in [5.41, 5.74) is 1.22. The van der Waals surface area contributed by atoms with E-state index in [2.05, 4.69) is 22.6 Å². The molecule has 2 rings (SSSR count). The van der Waals surface area contributed by atoms with Gasteiger partial charge in [-0.3, -0.25) is 14.9 Å². The lowest BCUT2D eigenvalue weighted by Crippen LogP contribution is -1.93. The van der Waals surface area contributed by atoms with Gasteiger partial charge in [0.2, 0.25) is 0 Å². The Hall–Kier alpha value is -2.02. The molecule has 4 nitrogen and oxygen atoms in total. The maximum Gasteiger partial charge on any atom is 0.270 e. The molecule has 0 saturated heterocycles. The number of hydrogen-bond acceptors (Lipinski definition) is 3. The number of rotatable bonds is 4. The molecule has 0 bridgehead atoms. The summed E-state index contributed by atoms with van der Waals surface area (Å²) in [6.45, 7) is 0. The van der Waals surface area contributed by atoms with Crippen LogP contribution in [0.4, 0.5) is 5.69 Å². The Morgan fingerprint density at radius 3 is 2.50 bits per heavy atom. The van der Waals surface area contributed by atoms with Crippen LogP contribution < -0.4 is 0 Å². The van der Waals surface area contributed by atoms with Gasteiger partial charge in [0, 0.05) is 21.3 Å². The number of carbonyl (C=O) groups is 1. The van der Waals surface area contributed by atoms with Crippen LogP contribution in [0.5, 0.6) is 0 Å². The molecule has 0 heterocycles. The second-order valence-electron chi connectivity index (χ2n) is 4.06. The predicted octanol–water partition coefficient (Wildman–Crippen LogP) is 4.10. The molecule has 0 fully saturated rings. The molecule has 20 heavy (non-hydrogen) atoms. The van der Waals surface area contributed by atoms with Gasteiger partial charge in [0.25, 0.3) is 5.69 Å². The zero-order valence-electron chi connectivity index (χ0n) is 10.3. The van der Waals surface area contributed by atoms with Crippen molar-refractivity contribution in [2.75, 3.05) is 0 Å². The van der Waals surface area contributed by atoms with Crippen molar-refractivity contribution in [2.45, 2.75) is 0 Å². The van der Waals surface area contributed by atoms with Gasteiger partial charge >= 0.3 is 0 Å². The zero-order chi connectivity index (χ0) is 14.5. The number of halogens is 1. The molecule has 0 N–H and O–H groups in total. The maximum atomic E-state index is 11.9. The van der Waals surface area contributed by atoms with Crippen LogP contribution in [0.25, 0.3) is 6.08 Å². The van der Waals surface area contributed by atoms with Crippen LogP contribution in [0.15, 0.2) is 54.6 Å². The van der Waals surface area contributed by atoms with Gasteiger partial charge in [-0.05, 0) is 46.4 Å². The Morgan fingerprint density at radius 2 is 1.85 bits per heavy atom. The molecule has 0 aliphatic rings. The van der Waals surface area contributed by atoms with E-state index in [0.29, 0.717) is 11.1 Å². The van der Waals surface area contributed by atoms with E-state index in [1.807, 2.05) is 12.1 Å². The lowest BCUT2D eigenvalue weighted by atomic mass is 10.1. The fourth-order valence-electron chi connectivity index (χ4n) is 1.62. The highest BCUT2D eigenvalue weighted by Gasteiger charge is 2.05. The summed E-state index contributed by atoms with van der Waals surface area (Å²) in [6.07, 6.45) is 2.99. The van der Waals surface area contributed by atoms with Gasteiger partial charge in [0.05, 0.1) is 4.92 Å². The van der Waals surface area contributed by atoms with E-state index in [0.717, 1.165) is 3.57 Å². The molecule has 0 spiro atoms. The van der Waals surface area contributed by atoms with Crippen LogP contribution in [0.3, 0.4) is 0 Å². The molecule has 0 saturated carbocycles. The van der Waals surface area contributed by atoms with Gasteiger partial charge in [-0.2, -0.15) is 0 Å². The molecule has 0 unspecified atom stereocenters. The van der Waals surface area contributed by atoms with Crippen LogP contribution >= 0.6 is 22.6 Å². The van der Waals surface area contributed by atoms with Crippen molar-refractivity contribution < 1.29 is 9.72 Å². The van der Waals surface area contributed by atoms with Gasteiger partial charge in [-0.25, -0.2) is 0 Å². The molecule has 0 amide bonds. The maximum absolute atomic E-state index is 11.9. The number of nitrogens with zero attached hydrogens (tertiary/aromatic N) is 1.